The van der Waals surface area contributed by atoms with Crippen molar-refractivity contribution < 1.29 is 4.79 Å². The third kappa shape index (κ3) is 1.91. The lowest BCUT2D eigenvalue weighted by atomic mass is 10.1. The molecule has 16 heavy (non-hydrogen) atoms. The highest BCUT2D eigenvalue weighted by atomic mass is 16.1. The van der Waals surface area contributed by atoms with Crippen LogP contribution < -0.4 is 5.32 Å². The van der Waals surface area contributed by atoms with Crippen LogP contribution in [0, 0.1) is 0 Å². The van der Waals surface area contributed by atoms with Crippen molar-refractivity contribution in [3.63, 3.8) is 0 Å². The Morgan fingerprint density at radius 1 is 1.12 bits per heavy atom. The van der Waals surface area contributed by atoms with Gasteiger partial charge in [-0.1, -0.05) is 6.07 Å². The maximum absolute atomic E-state index is 11.6. The van der Waals surface area contributed by atoms with Crippen molar-refractivity contribution in [2.75, 3.05) is 7.05 Å². The number of rotatable bonds is 2. The van der Waals surface area contributed by atoms with E-state index in [1.165, 1.54) is 0 Å². The molecular weight excluding hydrogens is 202 g/mol. The van der Waals surface area contributed by atoms with Crippen LogP contribution in [0.5, 0.6) is 0 Å². The molecule has 1 amide bonds. The van der Waals surface area contributed by atoms with E-state index in [1.54, 1.807) is 31.6 Å². The summed E-state index contributed by atoms with van der Waals surface area (Å²) in [5.74, 6) is -0.159. The topological polar surface area (TPSA) is 54.9 Å². The molecule has 0 radical (unpaired) electrons. The van der Waals surface area contributed by atoms with Crippen LogP contribution in [-0.4, -0.2) is 22.9 Å². The molecule has 0 fully saturated rings. The van der Waals surface area contributed by atoms with Gasteiger partial charge in [-0.25, -0.2) is 0 Å². The van der Waals surface area contributed by atoms with Gasteiger partial charge in [0.15, 0.2) is 0 Å². The SMILES string of the molecule is CNC(=O)c1cccnc1-c1ccccn1. The Morgan fingerprint density at radius 3 is 2.62 bits per heavy atom. The van der Waals surface area contributed by atoms with Gasteiger partial charge in [0.25, 0.3) is 5.91 Å². The molecule has 0 bridgehead atoms. The third-order valence-electron chi connectivity index (χ3n) is 2.19. The summed E-state index contributed by atoms with van der Waals surface area (Å²) in [6, 6.07) is 8.98. The molecular formula is C12H11N3O. The van der Waals surface area contributed by atoms with E-state index in [1.807, 2.05) is 18.2 Å². The second kappa shape index (κ2) is 4.53. The first kappa shape index (κ1) is 10.3. The Labute approximate surface area is 93.4 Å². The van der Waals surface area contributed by atoms with E-state index in [4.69, 9.17) is 0 Å². The molecule has 2 rings (SSSR count). The van der Waals surface area contributed by atoms with Crippen LogP contribution in [0.3, 0.4) is 0 Å². The molecule has 0 unspecified atom stereocenters. The van der Waals surface area contributed by atoms with E-state index in [-0.39, 0.29) is 5.91 Å². The van der Waals surface area contributed by atoms with Crippen molar-refractivity contribution in [1.82, 2.24) is 15.3 Å². The maximum atomic E-state index is 11.6. The number of nitrogens with one attached hydrogen (secondary N) is 1. The molecule has 80 valence electrons. The zero-order valence-corrected chi connectivity index (χ0v) is 8.84. The van der Waals surface area contributed by atoms with E-state index in [0.29, 0.717) is 17.0 Å². The Bertz CT molecular complexity index is 497. The van der Waals surface area contributed by atoms with Crippen LogP contribution in [0.25, 0.3) is 11.4 Å². The minimum Gasteiger partial charge on any atom is -0.355 e. The van der Waals surface area contributed by atoms with Crippen molar-refractivity contribution in [3.05, 3.63) is 48.3 Å². The molecule has 4 heteroatoms. The normalized spacial score (nSPS) is 9.81. The highest BCUT2D eigenvalue weighted by Crippen LogP contribution is 2.17. The molecule has 0 saturated heterocycles. The smallest absolute Gasteiger partial charge is 0.253 e. The number of hydrogen-bond donors (Lipinski definition) is 1. The van der Waals surface area contributed by atoms with E-state index < -0.39 is 0 Å². The average Bonchev–Trinajstić information content (AvgIpc) is 2.39. The third-order valence-corrected chi connectivity index (χ3v) is 2.19. The largest absolute Gasteiger partial charge is 0.355 e. The number of carbonyl (C=O) groups is 1. The van der Waals surface area contributed by atoms with E-state index in [0.717, 1.165) is 0 Å². The quantitative estimate of drug-likeness (QED) is 0.822. The number of aromatic nitrogens is 2. The Morgan fingerprint density at radius 2 is 1.94 bits per heavy atom. The fourth-order valence-corrected chi connectivity index (χ4v) is 1.43. The minimum absolute atomic E-state index is 0.159. The van der Waals surface area contributed by atoms with Gasteiger partial charge in [-0.2, -0.15) is 0 Å². The lowest BCUT2D eigenvalue weighted by molar-refractivity contribution is 0.0963. The van der Waals surface area contributed by atoms with Crippen LogP contribution >= 0.6 is 0 Å². The molecule has 0 aliphatic rings. The maximum Gasteiger partial charge on any atom is 0.253 e. The second-order valence-corrected chi connectivity index (χ2v) is 3.19. The van der Waals surface area contributed by atoms with Crippen LogP contribution in [0.15, 0.2) is 42.7 Å². The predicted octanol–water partition coefficient (Wildman–Crippen LogP) is 1.50. The zero-order chi connectivity index (χ0) is 11.4. The number of amides is 1. The van der Waals surface area contributed by atoms with Crippen LogP contribution in [0.1, 0.15) is 10.4 Å². The average molecular weight is 213 g/mol. The minimum atomic E-state index is -0.159. The summed E-state index contributed by atoms with van der Waals surface area (Å²) >= 11 is 0. The summed E-state index contributed by atoms with van der Waals surface area (Å²) in [6.07, 6.45) is 3.33. The van der Waals surface area contributed by atoms with Gasteiger partial charge in [0, 0.05) is 19.4 Å². The summed E-state index contributed by atoms with van der Waals surface area (Å²) in [6.45, 7) is 0. The number of nitrogens with zero attached hydrogens (tertiary/aromatic N) is 2. The van der Waals surface area contributed by atoms with Gasteiger partial charge in [0.2, 0.25) is 0 Å². The van der Waals surface area contributed by atoms with E-state index in [9.17, 15) is 4.79 Å². The van der Waals surface area contributed by atoms with Gasteiger partial charge in [-0.15, -0.1) is 0 Å². The molecule has 2 aromatic heterocycles. The monoisotopic (exact) mass is 213 g/mol. The lowest BCUT2D eigenvalue weighted by Gasteiger charge is -2.05. The molecule has 4 nitrogen and oxygen atoms in total. The van der Waals surface area contributed by atoms with E-state index in [2.05, 4.69) is 15.3 Å². The fourth-order valence-electron chi connectivity index (χ4n) is 1.43. The standard InChI is InChI=1S/C12H11N3O/c1-13-12(16)9-5-4-8-15-11(9)10-6-2-3-7-14-10/h2-8H,1H3,(H,13,16). The van der Waals surface area contributed by atoms with Crippen LogP contribution in [0.4, 0.5) is 0 Å². The molecule has 0 aliphatic carbocycles. The van der Waals surface area contributed by atoms with Gasteiger partial charge in [0.1, 0.15) is 5.69 Å². The zero-order valence-electron chi connectivity index (χ0n) is 8.84. The Balaban J connectivity index is 2.53. The summed E-state index contributed by atoms with van der Waals surface area (Å²) in [5.41, 5.74) is 1.83. The number of hydrogen-bond acceptors (Lipinski definition) is 3. The van der Waals surface area contributed by atoms with Crippen LogP contribution in [0.2, 0.25) is 0 Å². The molecule has 0 spiro atoms. The number of carbonyl (C=O) groups excluding carboxylic acids is 1. The van der Waals surface area contributed by atoms with Crippen molar-refractivity contribution in [2.24, 2.45) is 0 Å². The summed E-state index contributed by atoms with van der Waals surface area (Å²) in [7, 11) is 1.59. The molecule has 2 heterocycles. The van der Waals surface area contributed by atoms with Crippen molar-refractivity contribution >= 4 is 5.91 Å². The van der Waals surface area contributed by atoms with Gasteiger partial charge in [-0.3, -0.25) is 14.8 Å². The van der Waals surface area contributed by atoms with Crippen molar-refractivity contribution in [1.29, 1.82) is 0 Å². The fraction of sp³-hybridized carbons (Fsp3) is 0.0833. The molecule has 0 aromatic carbocycles. The van der Waals surface area contributed by atoms with Gasteiger partial charge >= 0.3 is 0 Å². The van der Waals surface area contributed by atoms with Gasteiger partial charge in [-0.05, 0) is 24.3 Å². The first-order chi connectivity index (χ1) is 7.83. The Kier molecular flexibility index (Phi) is 2.91. The lowest BCUT2D eigenvalue weighted by Crippen LogP contribution is -2.19. The highest BCUT2D eigenvalue weighted by molar-refractivity contribution is 5.99. The molecule has 0 atom stereocenters. The first-order valence-electron chi connectivity index (χ1n) is 4.91. The van der Waals surface area contributed by atoms with Crippen LogP contribution in [-0.2, 0) is 0 Å². The summed E-state index contributed by atoms with van der Waals surface area (Å²) < 4.78 is 0. The van der Waals surface area contributed by atoms with Crippen molar-refractivity contribution in [3.8, 4) is 11.4 Å². The number of pyridine rings is 2. The molecule has 0 aliphatic heterocycles. The second-order valence-electron chi connectivity index (χ2n) is 3.19. The van der Waals surface area contributed by atoms with Gasteiger partial charge < -0.3 is 5.32 Å². The van der Waals surface area contributed by atoms with Crippen molar-refractivity contribution in [2.45, 2.75) is 0 Å². The highest BCUT2D eigenvalue weighted by Gasteiger charge is 2.12. The molecule has 1 N–H and O–H groups in total. The molecule has 0 saturated carbocycles. The molecule has 2 aromatic rings. The predicted molar refractivity (Wildman–Crippen MR) is 60.9 cm³/mol. The van der Waals surface area contributed by atoms with E-state index >= 15 is 0 Å². The van der Waals surface area contributed by atoms with Gasteiger partial charge in [0.05, 0.1) is 11.3 Å². The summed E-state index contributed by atoms with van der Waals surface area (Å²) in [4.78, 5) is 20.0. The Hall–Kier alpha value is -2.23. The summed E-state index contributed by atoms with van der Waals surface area (Å²) in [5, 5.41) is 2.58. The first-order valence-corrected chi connectivity index (χ1v) is 4.91.